The van der Waals surface area contributed by atoms with Gasteiger partial charge in [-0.15, -0.1) is 0 Å². The number of hydrogen-bond acceptors (Lipinski definition) is 5. The molecule has 1 unspecified atom stereocenters. The summed E-state index contributed by atoms with van der Waals surface area (Å²) in [6, 6.07) is 4.09. The molecule has 3 N–H and O–H groups in total. The van der Waals surface area contributed by atoms with Crippen molar-refractivity contribution in [2.45, 2.75) is 88.0 Å². The first kappa shape index (κ1) is 20.0. The van der Waals surface area contributed by atoms with Crippen LogP contribution in [0.15, 0.2) is 23.4 Å². The third-order valence-electron chi connectivity index (χ3n) is 6.83. The average molecular weight is 431 g/mol. The second-order valence-electron chi connectivity index (χ2n) is 8.83. The molecule has 1 saturated carbocycles. The van der Waals surface area contributed by atoms with Gasteiger partial charge in [-0.1, -0.05) is 25.3 Å². The van der Waals surface area contributed by atoms with Crippen LogP contribution in [-0.4, -0.2) is 29.7 Å². The number of anilines is 1. The van der Waals surface area contributed by atoms with Crippen molar-refractivity contribution < 1.29 is 13.5 Å². The third kappa shape index (κ3) is 3.76. The van der Waals surface area contributed by atoms with Gasteiger partial charge >= 0.3 is 0 Å². The summed E-state index contributed by atoms with van der Waals surface area (Å²) in [6.07, 6.45) is 12.2. The van der Waals surface area contributed by atoms with E-state index in [1.807, 2.05) is 0 Å². The Kier molecular flexibility index (Phi) is 5.33. The number of aromatic nitrogens is 2. The molecule has 3 aliphatic carbocycles. The summed E-state index contributed by atoms with van der Waals surface area (Å²) in [5.74, 6) is 0. The van der Waals surface area contributed by atoms with Crippen LogP contribution in [0.25, 0.3) is 0 Å². The second-order valence-corrected chi connectivity index (χ2v) is 10.5. The number of benzene rings is 1. The molecule has 0 bridgehead atoms. The van der Waals surface area contributed by atoms with Crippen LogP contribution in [-0.2, 0) is 35.7 Å². The van der Waals surface area contributed by atoms with E-state index >= 15 is 0 Å². The summed E-state index contributed by atoms with van der Waals surface area (Å²) in [6.45, 7) is 0. The molecule has 162 valence electrons. The molecule has 0 radical (unpaired) electrons. The van der Waals surface area contributed by atoms with E-state index in [4.69, 9.17) is 0 Å². The zero-order valence-electron chi connectivity index (χ0n) is 17.2. The Morgan fingerprint density at radius 1 is 1.00 bits per heavy atom. The zero-order chi connectivity index (χ0) is 20.7. The molecule has 0 amide bonds. The smallest absolute Gasteiger partial charge is 0.263 e. The molecule has 0 spiro atoms. The van der Waals surface area contributed by atoms with Crippen molar-refractivity contribution in [3.8, 4) is 0 Å². The lowest BCUT2D eigenvalue weighted by atomic mass is 9.96. The van der Waals surface area contributed by atoms with Crippen molar-refractivity contribution in [2.24, 2.45) is 0 Å². The Balaban J connectivity index is 1.32. The Hall–Kier alpha value is -1.90. The maximum Gasteiger partial charge on any atom is 0.263 e. The van der Waals surface area contributed by atoms with Crippen LogP contribution in [0.4, 0.5) is 5.69 Å². The number of aryl methyl sites for hydroxylation is 2. The van der Waals surface area contributed by atoms with Crippen LogP contribution in [0.2, 0.25) is 0 Å². The van der Waals surface area contributed by atoms with E-state index in [9.17, 15) is 13.5 Å². The topological polar surface area (TPSA) is 96.3 Å². The first-order chi connectivity index (χ1) is 14.5. The van der Waals surface area contributed by atoms with Gasteiger partial charge in [-0.2, -0.15) is 9.82 Å². The van der Waals surface area contributed by atoms with Crippen molar-refractivity contribution in [3.63, 3.8) is 0 Å². The van der Waals surface area contributed by atoms with E-state index in [1.54, 1.807) is 10.9 Å². The molecule has 1 atom stereocenters. The van der Waals surface area contributed by atoms with Crippen molar-refractivity contribution in [3.05, 3.63) is 40.6 Å². The number of aliphatic hydroxyl groups excluding tert-OH is 1. The number of hydrogen-bond donors (Lipinski definition) is 3. The van der Waals surface area contributed by atoms with E-state index in [0.717, 1.165) is 69.9 Å². The normalized spacial score (nSPS) is 20.2. The lowest BCUT2D eigenvalue weighted by Gasteiger charge is -2.22. The van der Waals surface area contributed by atoms with Gasteiger partial charge in [0.15, 0.2) is 11.4 Å². The van der Waals surface area contributed by atoms with Crippen molar-refractivity contribution >= 4 is 15.7 Å². The molecule has 0 aliphatic heterocycles. The number of rotatable bonds is 6. The van der Waals surface area contributed by atoms with Crippen LogP contribution >= 0.6 is 0 Å². The fourth-order valence-electron chi connectivity index (χ4n) is 5.38. The fourth-order valence-corrected chi connectivity index (χ4v) is 6.29. The molecule has 0 saturated heterocycles. The van der Waals surface area contributed by atoms with E-state index in [1.165, 1.54) is 34.7 Å². The largest absolute Gasteiger partial charge is 0.360 e. The van der Waals surface area contributed by atoms with Gasteiger partial charge < -0.3 is 10.4 Å². The van der Waals surface area contributed by atoms with Crippen LogP contribution in [0.1, 0.15) is 73.2 Å². The third-order valence-corrected chi connectivity index (χ3v) is 8.13. The molecule has 7 nitrogen and oxygen atoms in total. The lowest BCUT2D eigenvalue weighted by molar-refractivity contribution is 0.192. The van der Waals surface area contributed by atoms with E-state index in [2.05, 4.69) is 21.2 Å². The Labute approximate surface area is 177 Å². The minimum atomic E-state index is -3.92. The summed E-state index contributed by atoms with van der Waals surface area (Å²) >= 11 is 0. The van der Waals surface area contributed by atoms with Gasteiger partial charge in [0.05, 0.1) is 6.04 Å². The van der Waals surface area contributed by atoms with Gasteiger partial charge in [-0.05, 0) is 79.7 Å². The van der Waals surface area contributed by atoms with E-state index in [-0.39, 0.29) is 11.1 Å². The Morgan fingerprint density at radius 2 is 1.67 bits per heavy atom. The maximum absolute atomic E-state index is 12.8. The summed E-state index contributed by atoms with van der Waals surface area (Å²) in [5.41, 5.74) is 6.06. The number of nitrogens with zero attached hydrogens (tertiary/aromatic N) is 2. The second kappa shape index (κ2) is 7.98. The van der Waals surface area contributed by atoms with Crippen molar-refractivity contribution in [1.29, 1.82) is 0 Å². The number of sulfonamides is 1. The minimum absolute atomic E-state index is 0.0440. The molecule has 8 heteroatoms. The molecular formula is C22H30N4O3S. The lowest BCUT2D eigenvalue weighted by Crippen LogP contribution is -2.40. The van der Waals surface area contributed by atoms with Crippen LogP contribution in [0, 0.1) is 0 Å². The summed E-state index contributed by atoms with van der Waals surface area (Å²) in [4.78, 5) is 0. The van der Waals surface area contributed by atoms with Gasteiger partial charge in [-0.25, -0.2) is 8.42 Å². The van der Waals surface area contributed by atoms with Crippen LogP contribution in [0.3, 0.4) is 0 Å². The molecular weight excluding hydrogens is 400 g/mol. The molecule has 30 heavy (non-hydrogen) atoms. The predicted molar refractivity (Wildman–Crippen MR) is 115 cm³/mol. The molecule has 1 heterocycles. The van der Waals surface area contributed by atoms with Gasteiger partial charge in [-0.3, -0.25) is 4.68 Å². The SMILES string of the molecule is O=S(=O)(NC(O)Nc1c2c(cc3c1CCC3)CCC2)c1ccn(C2CCCCC2)n1. The fraction of sp³-hybridized carbons (Fsp3) is 0.591. The van der Waals surface area contributed by atoms with Crippen LogP contribution < -0.4 is 10.0 Å². The van der Waals surface area contributed by atoms with Crippen molar-refractivity contribution in [2.75, 3.05) is 5.32 Å². The maximum atomic E-state index is 12.8. The highest BCUT2D eigenvalue weighted by molar-refractivity contribution is 7.89. The van der Waals surface area contributed by atoms with Crippen LogP contribution in [0.5, 0.6) is 0 Å². The zero-order valence-corrected chi connectivity index (χ0v) is 18.0. The highest BCUT2D eigenvalue weighted by atomic mass is 32.2. The predicted octanol–water partition coefficient (Wildman–Crippen LogP) is 3.03. The molecule has 3 aliphatic rings. The quantitative estimate of drug-likeness (QED) is 0.612. The summed E-state index contributed by atoms with van der Waals surface area (Å²) in [5, 5.41) is 17.9. The van der Waals surface area contributed by atoms with E-state index < -0.39 is 16.4 Å². The van der Waals surface area contributed by atoms with Gasteiger partial charge in [0.2, 0.25) is 0 Å². The van der Waals surface area contributed by atoms with Gasteiger partial charge in [0, 0.05) is 11.9 Å². The number of aliphatic hydroxyl groups is 1. The van der Waals surface area contributed by atoms with Gasteiger partial charge in [0.1, 0.15) is 0 Å². The highest BCUT2D eigenvalue weighted by Crippen LogP contribution is 2.38. The van der Waals surface area contributed by atoms with Gasteiger partial charge in [0.25, 0.3) is 10.0 Å². The summed E-state index contributed by atoms with van der Waals surface area (Å²) in [7, 11) is -3.92. The number of nitrogens with one attached hydrogen (secondary N) is 2. The molecule has 5 rings (SSSR count). The molecule has 1 aromatic heterocycles. The minimum Gasteiger partial charge on any atom is -0.360 e. The molecule has 2 aromatic rings. The monoisotopic (exact) mass is 430 g/mol. The van der Waals surface area contributed by atoms with Crippen molar-refractivity contribution in [1.82, 2.24) is 14.5 Å². The molecule has 1 fully saturated rings. The van der Waals surface area contributed by atoms with E-state index in [0.29, 0.717) is 0 Å². The Bertz CT molecular complexity index is 1010. The number of fused-ring (bicyclic) bond motifs is 2. The molecule has 1 aromatic carbocycles. The average Bonchev–Trinajstić information content (AvgIpc) is 3.48. The highest BCUT2D eigenvalue weighted by Gasteiger charge is 2.27. The first-order valence-electron chi connectivity index (χ1n) is 11.2. The standard InChI is InChI=1S/C22H30N4O3S/c27-22(23-21-18-10-4-6-15(18)14-16-7-5-11-19(16)21)25-30(28,29)20-12-13-26(24-20)17-8-2-1-3-9-17/h12-14,17,22-23,25,27H,1-11H2. The Morgan fingerprint density at radius 3 is 2.33 bits per heavy atom. The first-order valence-corrected chi connectivity index (χ1v) is 12.7. The summed E-state index contributed by atoms with van der Waals surface area (Å²) < 4.78 is 29.7.